The lowest BCUT2D eigenvalue weighted by Crippen LogP contribution is -2.27. The van der Waals surface area contributed by atoms with Crippen LogP contribution in [0.25, 0.3) is 10.8 Å². The maximum absolute atomic E-state index is 13.4. The Morgan fingerprint density at radius 3 is 2.81 bits per heavy atom. The predicted molar refractivity (Wildman–Crippen MR) is 97.2 cm³/mol. The monoisotopic (exact) mass is 366 g/mol. The van der Waals surface area contributed by atoms with Crippen LogP contribution < -0.4 is 16.3 Å². The van der Waals surface area contributed by atoms with Crippen molar-refractivity contribution in [1.82, 2.24) is 5.32 Å². The molecule has 27 heavy (non-hydrogen) atoms. The summed E-state index contributed by atoms with van der Waals surface area (Å²) in [5.41, 5.74) is 0.572. The highest BCUT2D eigenvalue weighted by Gasteiger charge is 2.30. The Balaban J connectivity index is 1.46. The maximum Gasteiger partial charge on any atom is 0.344 e. The fourth-order valence-corrected chi connectivity index (χ4v) is 3.25. The molecule has 3 aromatic rings. The zero-order chi connectivity index (χ0) is 19.0. The van der Waals surface area contributed by atoms with Crippen molar-refractivity contribution in [2.45, 2.75) is 12.3 Å². The van der Waals surface area contributed by atoms with Crippen LogP contribution in [0.1, 0.15) is 28.5 Å². The first-order valence-corrected chi connectivity index (χ1v) is 8.44. The summed E-state index contributed by atoms with van der Waals surface area (Å²) >= 11 is 0. The lowest BCUT2D eigenvalue weighted by atomic mass is 9.97. The van der Waals surface area contributed by atoms with E-state index in [-0.39, 0.29) is 18.2 Å². The molecule has 2 aromatic carbocycles. The van der Waals surface area contributed by atoms with E-state index < -0.39 is 23.3 Å². The molecule has 0 aliphatic carbocycles. The maximum atomic E-state index is 13.4. The molecule has 1 aliphatic rings. The molecule has 1 aliphatic heterocycles. The number of benzene rings is 2. The van der Waals surface area contributed by atoms with Gasteiger partial charge in [-0.25, -0.2) is 9.18 Å². The van der Waals surface area contributed by atoms with Gasteiger partial charge in [0.25, 0.3) is 5.91 Å². The van der Waals surface area contributed by atoms with E-state index in [0.717, 1.165) is 0 Å². The van der Waals surface area contributed by atoms with Crippen LogP contribution in [0.3, 0.4) is 0 Å². The standard InChI is InChI=1S/C20H15FN2O4/c21-12-5-6-16-15(10-12)14(18(24)23-16)7-8-22-19(25)17-9-11-3-1-2-4-13(11)20(26)27-17/h1-6,9-10,14H,7-8H2,(H,22,25)(H,23,24)/t14-/m1/s1. The van der Waals surface area contributed by atoms with Crippen molar-refractivity contribution >= 4 is 28.3 Å². The summed E-state index contributed by atoms with van der Waals surface area (Å²) in [6, 6.07) is 12.4. The highest BCUT2D eigenvalue weighted by atomic mass is 19.1. The number of fused-ring (bicyclic) bond motifs is 2. The molecule has 0 saturated carbocycles. The number of hydrogen-bond acceptors (Lipinski definition) is 4. The quantitative estimate of drug-likeness (QED) is 0.743. The van der Waals surface area contributed by atoms with Gasteiger partial charge in [0.1, 0.15) is 5.82 Å². The molecule has 0 unspecified atom stereocenters. The molecule has 0 saturated heterocycles. The predicted octanol–water partition coefficient (Wildman–Crippen LogP) is 2.79. The Labute approximate surface area is 153 Å². The molecule has 2 heterocycles. The topological polar surface area (TPSA) is 88.4 Å². The Morgan fingerprint density at radius 1 is 1.15 bits per heavy atom. The minimum Gasteiger partial charge on any atom is -0.417 e. The second-order valence-electron chi connectivity index (χ2n) is 6.30. The number of nitrogens with one attached hydrogen (secondary N) is 2. The minimum absolute atomic E-state index is 0.0963. The van der Waals surface area contributed by atoms with Crippen LogP contribution in [0.5, 0.6) is 0 Å². The van der Waals surface area contributed by atoms with Crippen molar-refractivity contribution in [2.24, 2.45) is 0 Å². The number of hydrogen-bond donors (Lipinski definition) is 2. The van der Waals surface area contributed by atoms with Gasteiger partial charge in [-0.15, -0.1) is 0 Å². The summed E-state index contributed by atoms with van der Waals surface area (Å²) in [5, 5.41) is 6.34. The molecule has 0 bridgehead atoms. The number of amides is 2. The second kappa shape index (κ2) is 6.68. The Kier molecular flexibility index (Phi) is 4.19. The van der Waals surface area contributed by atoms with Gasteiger partial charge in [0.15, 0.2) is 5.76 Å². The molecule has 4 rings (SSSR count). The van der Waals surface area contributed by atoms with Gasteiger partial charge in [0.2, 0.25) is 5.91 Å². The van der Waals surface area contributed by atoms with E-state index in [9.17, 15) is 18.8 Å². The fraction of sp³-hybridized carbons (Fsp3) is 0.150. The third-order valence-corrected chi connectivity index (χ3v) is 4.58. The average molecular weight is 366 g/mol. The summed E-state index contributed by atoms with van der Waals surface area (Å²) < 4.78 is 18.5. The van der Waals surface area contributed by atoms with Gasteiger partial charge >= 0.3 is 5.63 Å². The van der Waals surface area contributed by atoms with Gasteiger partial charge in [0.05, 0.1) is 11.3 Å². The molecule has 1 aromatic heterocycles. The van der Waals surface area contributed by atoms with Crippen molar-refractivity contribution in [3.63, 3.8) is 0 Å². The van der Waals surface area contributed by atoms with Crippen molar-refractivity contribution in [3.05, 3.63) is 76.1 Å². The largest absolute Gasteiger partial charge is 0.417 e. The van der Waals surface area contributed by atoms with Crippen LogP contribution in [-0.4, -0.2) is 18.4 Å². The molecule has 0 fully saturated rings. The molecule has 7 heteroatoms. The van der Waals surface area contributed by atoms with Crippen LogP contribution >= 0.6 is 0 Å². The molecule has 2 N–H and O–H groups in total. The van der Waals surface area contributed by atoms with Gasteiger partial charge < -0.3 is 15.1 Å². The first kappa shape index (κ1) is 17.0. The molecular formula is C20H15FN2O4. The summed E-state index contributed by atoms with van der Waals surface area (Å²) in [4.78, 5) is 36.3. The van der Waals surface area contributed by atoms with Gasteiger partial charge in [-0.2, -0.15) is 0 Å². The zero-order valence-corrected chi connectivity index (χ0v) is 14.1. The lowest BCUT2D eigenvalue weighted by Gasteiger charge is -2.10. The van der Waals surface area contributed by atoms with Crippen molar-refractivity contribution in [2.75, 3.05) is 11.9 Å². The van der Waals surface area contributed by atoms with Gasteiger partial charge in [0, 0.05) is 12.2 Å². The fourth-order valence-electron chi connectivity index (χ4n) is 3.25. The SMILES string of the molecule is O=C(NCC[C@H]1C(=O)Nc2ccc(F)cc21)c1cc2ccccc2c(=O)o1. The van der Waals surface area contributed by atoms with Crippen LogP contribution in [0, 0.1) is 5.82 Å². The Morgan fingerprint density at radius 2 is 1.96 bits per heavy atom. The van der Waals surface area contributed by atoms with E-state index >= 15 is 0 Å². The van der Waals surface area contributed by atoms with Crippen molar-refractivity contribution in [1.29, 1.82) is 0 Å². The van der Waals surface area contributed by atoms with Crippen molar-refractivity contribution < 1.29 is 18.4 Å². The smallest absolute Gasteiger partial charge is 0.344 e. The Hall–Kier alpha value is -3.48. The molecule has 136 valence electrons. The summed E-state index contributed by atoms with van der Waals surface area (Å²) in [5.74, 6) is -1.84. The molecule has 6 nitrogen and oxygen atoms in total. The third-order valence-electron chi connectivity index (χ3n) is 4.58. The van der Waals surface area contributed by atoms with E-state index in [0.29, 0.717) is 28.4 Å². The van der Waals surface area contributed by atoms with Crippen LogP contribution in [-0.2, 0) is 4.79 Å². The summed E-state index contributed by atoms with van der Waals surface area (Å²) in [6.45, 7) is 0.170. The summed E-state index contributed by atoms with van der Waals surface area (Å²) in [7, 11) is 0. The first-order valence-electron chi connectivity index (χ1n) is 8.44. The lowest BCUT2D eigenvalue weighted by molar-refractivity contribution is -0.117. The third kappa shape index (κ3) is 3.19. The Bertz CT molecular complexity index is 1120. The number of carbonyl (C=O) groups is 2. The number of anilines is 1. The average Bonchev–Trinajstić information content (AvgIpc) is 2.96. The van der Waals surface area contributed by atoms with Gasteiger partial charge in [-0.3, -0.25) is 9.59 Å². The van der Waals surface area contributed by atoms with E-state index in [1.165, 1.54) is 24.3 Å². The highest BCUT2D eigenvalue weighted by molar-refractivity contribution is 6.03. The number of carbonyl (C=O) groups excluding carboxylic acids is 2. The molecule has 1 atom stereocenters. The van der Waals surface area contributed by atoms with Crippen LogP contribution in [0.4, 0.5) is 10.1 Å². The zero-order valence-electron chi connectivity index (χ0n) is 14.1. The molecule has 0 spiro atoms. The first-order chi connectivity index (χ1) is 13.0. The molecule has 2 amide bonds. The highest BCUT2D eigenvalue weighted by Crippen LogP contribution is 2.34. The normalized spacial score (nSPS) is 15.4. The van der Waals surface area contributed by atoms with Gasteiger partial charge in [-0.05, 0) is 47.7 Å². The van der Waals surface area contributed by atoms with E-state index in [2.05, 4.69) is 10.6 Å². The van der Waals surface area contributed by atoms with E-state index in [4.69, 9.17) is 4.42 Å². The second-order valence-corrected chi connectivity index (χ2v) is 6.30. The molecular weight excluding hydrogens is 351 g/mol. The summed E-state index contributed by atoms with van der Waals surface area (Å²) in [6.07, 6.45) is 0.297. The minimum atomic E-state index is -0.585. The van der Waals surface area contributed by atoms with Gasteiger partial charge in [-0.1, -0.05) is 18.2 Å². The number of halogens is 1. The van der Waals surface area contributed by atoms with Crippen LogP contribution in [0.2, 0.25) is 0 Å². The molecule has 0 radical (unpaired) electrons. The van der Waals surface area contributed by atoms with E-state index in [1.54, 1.807) is 24.3 Å². The van der Waals surface area contributed by atoms with Crippen molar-refractivity contribution in [3.8, 4) is 0 Å². The van der Waals surface area contributed by atoms with Crippen LogP contribution in [0.15, 0.2) is 57.7 Å². The number of rotatable bonds is 4. The van der Waals surface area contributed by atoms with E-state index in [1.807, 2.05) is 0 Å².